The number of rotatable bonds is 4. The highest BCUT2D eigenvalue weighted by Gasteiger charge is 2.21. The molecule has 1 aliphatic heterocycles. The van der Waals surface area contributed by atoms with Crippen LogP contribution in [0.15, 0.2) is 41.3 Å². The lowest BCUT2D eigenvalue weighted by molar-refractivity contribution is -0.116. The molecule has 0 atom stereocenters. The van der Waals surface area contributed by atoms with E-state index in [4.69, 9.17) is 4.74 Å². The summed E-state index contributed by atoms with van der Waals surface area (Å²) >= 11 is 0. The van der Waals surface area contributed by atoms with Crippen molar-refractivity contribution in [2.45, 2.75) is 24.7 Å². The highest BCUT2D eigenvalue weighted by atomic mass is 32.2. The van der Waals surface area contributed by atoms with Crippen molar-refractivity contribution in [3.63, 3.8) is 0 Å². The summed E-state index contributed by atoms with van der Waals surface area (Å²) in [6, 6.07) is 10.1. The first-order valence-electron chi connectivity index (χ1n) is 7.49. The van der Waals surface area contributed by atoms with Crippen LogP contribution in [-0.4, -0.2) is 21.4 Å². The number of benzene rings is 2. The lowest BCUT2D eigenvalue weighted by Gasteiger charge is -2.18. The Kier molecular flexibility index (Phi) is 4.19. The predicted molar refractivity (Wildman–Crippen MR) is 91.9 cm³/mol. The quantitative estimate of drug-likeness (QED) is 0.891. The molecule has 1 aliphatic rings. The summed E-state index contributed by atoms with van der Waals surface area (Å²) in [5, 5.41) is 2.77. The number of sulfonamides is 1. The van der Waals surface area contributed by atoms with Crippen LogP contribution in [0.4, 0.5) is 11.4 Å². The summed E-state index contributed by atoms with van der Waals surface area (Å²) in [5.41, 5.74) is 2.91. The van der Waals surface area contributed by atoms with Crippen molar-refractivity contribution in [2.24, 2.45) is 0 Å². The molecule has 24 heavy (non-hydrogen) atoms. The van der Waals surface area contributed by atoms with Crippen LogP contribution in [0.1, 0.15) is 17.5 Å². The van der Waals surface area contributed by atoms with E-state index in [1.165, 1.54) is 7.11 Å². The minimum atomic E-state index is -3.78. The molecule has 2 aromatic carbocycles. The molecule has 0 bridgehead atoms. The zero-order valence-corrected chi connectivity index (χ0v) is 14.2. The van der Waals surface area contributed by atoms with Crippen molar-refractivity contribution in [1.82, 2.24) is 0 Å². The van der Waals surface area contributed by atoms with Gasteiger partial charge in [0.05, 0.1) is 7.11 Å². The van der Waals surface area contributed by atoms with E-state index in [0.717, 1.165) is 16.8 Å². The molecule has 0 spiro atoms. The van der Waals surface area contributed by atoms with Gasteiger partial charge in [-0.1, -0.05) is 6.07 Å². The van der Waals surface area contributed by atoms with E-state index in [2.05, 4.69) is 10.0 Å². The maximum atomic E-state index is 12.7. The van der Waals surface area contributed by atoms with E-state index >= 15 is 0 Å². The third-order valence-corrected chi connectivity index (χ3v) is 5.26. The first-order chi connectivity index (χ1) is 11.4. The maximum Gasteiger partial charge on any atom is 0.265 e. The fourth-order valence-electron chi connectivity index (χ4n) is 2.65. The number of amides is 1. The van der Waals surface area contributed by atoms with Gasteiger partial charge in [0.15, 0.2) is 0 Å². The van der Waals surface area contributed by atoms with Crippen LogP contribution in [-0.2, 0) is 21.2 Å². The number of carbonyl (C=O) groups is 1. The number of hydrogen-bond donors (Lipinski definition) is 2. The topological polar surface area (TPSA) is 84.5 Å². The van der Waals surface area contributed by atoms with Crippen molar-refractivity contribution >= 4 is 27.3 Å². The molecule has 2 N–H and O–H groups in total. The van der Waals surface area contributed by atoms with Crippen LogP contribution in [0.5, 0.6) is 5.75 Å². The van der Waals surface area contributed by atoms with Crippen LogP contribution in [0, 0.1) is 6.92 Å². The average molecular weight is 346 g/mol. The first-order valence-corrected chi connectivity index (χ1v) is 8.97. The number of hydrogen-bond acceptors (Lipinski definition) is 4. The van der Waals surface area contributed by atoms with Crippen molar-refractivity contribution in [1.29, 1.82) is 0 Å². The van der Waals surface area contributed by atoms with E-state index in [1.807, 2.05) is 6.92 Å². The third-order valence-electron chi connectivity index (χ3n) is 3.86. The van der Waals surface area contributed by atoms with E-state index in [-0.39, 0.29) is 10.8 Å². The minimum absolute atomic E-state index is 0.0275. The van der Waals surface area contributed by atoms with Gasteiger partial charge in [0.1, 0.15) is 10.6 Å². The Bertz CT molecular complexity index is 907. The second-order valence-electron chi connectivity index (χ2n) is 5.68. The minimum Gasteiger partial charge on any atom is -0.495 e. The fourth-order valence-corrected chi connectivity index (χ4v) is 3.96. The molecule has 3 rings (SSSR count). The van der Waals surface area contributed by atoms with Crippen LogP contribution in [0.3, 0.4) is 0 Å². The lowest BCUT2D eigenvalue weighted by atomic mass is 10.0. The van der Waals surface area contributed by atoms with Gasteiger partial charge in [0, 0.05) is 17.8 Å². The van der Waals surface area contributed by atoms with Crippen molar-refractivity contribution in [2.75, 3.05) is 17.1 Å². The SMILES string of the molecule is COc1ccc(C)cc1S(=O)(=O)Nc1ccc2c(c1)CCC(=O)N2. The number of nitrogens with one attached hydrogen (secondary N) is 2. The summed E-state index contributed by atoms with van der Waals surface area (Å²) in [6.45, 7) is 1.82. The van der Waals surface area contributed by atoms with Gasteiger partial charge >= 0.3 is 0 Å². The monoisotopic (exact) mass is 346 g/mol. The molecule has 0 radical (unpaired) electrons. The number of aryl methyl sites for hydroxylation is 2. The van der Waals surface area contributed by atoms with E-state index < -0.39 is 10.0 Å². The smallest absolute Gasteiger partial charge is 0.265 e. The molecule has 0 saturated heterocycles. The largest absolute Gasteiger partial charge is 0.495 e. The second-order valence-corrected chi connectivity index (χ2v) is 7.33. The highest BCUT2D eigenvalue weighted by molar-refractivity contribution is 7.92. The maximum absolute atomic E-state index is 12.7. The Balaban J connectivity index is 1.93. The van der Waals surface area contributed by atoms with Gasteiger partial charge in [0.2, 0.25) is 5.91 Å². The number of ether oxygens (including phenoxy) is 1. The number of methoxy groups -OCH3 is 1. The van der Waals surface area contributed by atoms with Gasteiger partial charge in [0.25, 0.3) is 10.0 Å². The van der Waals surface area contributed by atoms with Gasteiger partial charge in [-0.3, -0.25) is 9.52 Å². The zero-order valence-electron chi connectivity index (χ0n) is 13.4. The second kappa shape index (κ2) is 6.16. The number of carbonyl (C=O) groups excluding carboxylic acids is 1. The van der Waals surface area contributed by atoms with Gasteiger partial charge < -0.3 is 10.1 Å². The highest BCUT2D eigenvalue weighted by Crippen LogP contribution is 2.29. The summed E-state index contributed by atoms with van der Waals surface area (Å²) in [6.07, 6.45) is 0.986. The predicted octanol–water partition coefficient (Wildman–Crippen LogP) is 2.69. The van der Waals surface area contributed by atoms with Crippen molar-refractivity contribution in [3.8, 4) is 5.75 Å². The van der Waals surface area contributed by atoms with Crippen LogP contribution in [0.25, 0.3) is 0 Å². The molecule has 0 fully saturated rings. The summed E-state index contributed by atoms with van der Waals surface area (Å²) in [7, 11) is -2.34. The molecule has 0 aliphatic carbocycles. The van der Waals surface area contributed by atoms with Crippen LogP contribution in [0.2, 0.25) is 0 Å². The summed E-state index contributed by atoms with van der Waals surface area (Å²) < 4.78 is 33.1. The zero-order chi connectivity index (χ0) is 17.3. The van der Waals surface area contributed by atoms with Gasteiger partial charge in [-0.05, 0) is 54.8 Å². The van der Waals surface area contributed by atoms with E-state index in [9.17, 15) is 13.2 Å². The average Bonchev–Trinajstić information content (AvgIpc) is 2.54. The summed E-state index contributed by atoms with van der Waals surface area (Å²) in [5.74, 6) is 0.263. The third kappa shape index (κ3) is 3.21. The standard InChI is InChI=1S/C17H18N2O4S/c1-11-3-7-15(23-2)16(9-11)24(21,22)19-13-5-6-14-12(10-13)4-8-17(20)18-14/h3,5-7,9-10,19H,4,8H2,1-2H3,(H,18,20). The Hall–Kier alpha value is -2.54. The van der Waals surface area contributed by atoms with Crippen molar-refractivity contribution in [3.05, 3.63) is 47.5 Å². The molecule has 7 heteroatoms. The molecule has 1 amide bonds. The van der Waals surface area contributed by atoms with Crippen molar-refractivity contribution < 1.29 is 17.9 Å². The van der Waals surface area contributed by atoms with Gasteiger partial charge in [-0.15, -0.1) is 0 Å². The van der Waals surface area contributed by atoms with Gasteiger partial charge in [-0.2, -0.15) is 0 Å². The Morgan fingerprint density at radius 1 is 1.12 bits per heavy atom. The molecule has 6 nitrogen and oxygen atoms in total. The Morgan fingerprint density at radius 3 is 2.67 bits per heavy atom. The molecular weight excluding hydrogens is 328 g/mol. The lowest BCUT2D eigenvalue weighted by Crippen LogP contribution is -2.19. The van der Waals surface area contributed by atoms with Gasteiger partial charge in [-0.25, -0.2) is 8.42 Å². The molecular formula is C17H18N2O4S. The molecule has 2 aromatic rings. The molecule has 126 valence electrons. The number of fused-ring (bicyclic) bond motifs is 1. The van der Waals surface area contributed by atoms with E-state index in [1.54, 1.807) is 36.4 Å². The fraction of sp³-hybridized carbons (Fsp3) is 0.235. The van der Waals surface area contributed by atoms with E-state index in [0.29, 0.717) is 24.3 Å². The molecule has 1 heterocycles. The normalized spacial score (nSPS) is 13.8. The van der Waals surface area contributed by atoms with Crippen LogP contribution < -0.4 is 14.8 Å². The molecule has 0 saturated carbocycles. The molecule has 0 unspecified atom stereocenters. The summed E-state index contributed by atoms with van der Waals surface area (Å²) in [4.78, 5) is 11.5. The first kappa shape index (κ1) is 16.3. The molecule has 0 aromatic heterocycles. The Labute approximate surface area is 140 Å². The Morgan fingerprint density at radius 2 is 1.92 bits per heavy atom. The van der Waals surface area contributed by atoms with Crippen LogP contribution >= 0.6 is 0 Å². The number of anilines is 2.